The average Bonchev–Trinajstić information content (AvgIpc) is 2.84. The Morgan fingerprint density at radius 3 is 2.71 bits per heavy atom. The fraction of sp³-hybridized carbons (Fsp3) is 0.615. The van der Waals surface area contributed by atoms with Gasteiger partial charge < -0.3 is 5.11 Å². The van der Waals surface area contributed by atoms with Crippen LogP contribution in [0.1, 0.15) is 10.7 Å². The van der Waals surface area contributed by atoms with Crippen LogP contribution >= 0.6 is 11.3 Å². The zero-order valence-electron chi connectivity index (χ0n) is 12.0. The van der Waals surface area contributed by atoms with Crippen LogP contribution in [-0.2, 0) is 6.54 Å². The zero-order chi connectivity index (χ0) is 14.8. The van der Waals surface area contributed by atoms with E-state index in [1.165, 1.54) is 21.9 Å². The number of fused-ring (bicyclic) bond motifs is 1. The quantitative estimate of drug-likeness (QED) is 0.826. The summed E-state index contributed by atoms with van der Waals surface area (Å²) < 4.78 is 1.38. The van der Waals surface area contributed by atoms with Gasteiger partial charge in [-0.1, -0.05) is 11.3 Å². The molecule has 0 unspecified atom stereocenters. The van der Waals surface area contributed by atoms with Crippen molar-refractivity contribution in [3.63, 3.8) is 0 Å². The molecule has 2 aromatic heterocycles. The van der Waals surface area contributed by atoms with Crippen LogP contribution in [0.4, 0.5) is 0 Å². The number of hydrogen-bond acceptors (Lipinski definition) is 7. The van der Waals surface area contributed by atoms with E-state index in [9.17, 15) is 4.79 Å². The standard InChI is InChI=1S/C13H19N5O2S/c1-10-8-12(20)18-13(14-10)21-11(15-18)9-17-4-2-16(3-5-17)6-7-19/h8,19H,2-7,9H2,1H3. The van der Waals surface area contributed by atoms with Gasteiger partial charge in [0, 0.05) is 44.5 Å². The minimum atomic E-state index is -0.118. The minimum absolute atomic E-state index is 0.118. The maximum atomic E-state index is 11.8. The SMILES string of the molecule is Cc1cc(=O)n2nc(CN3CCN(CCO)CC3)sc2n1. The van der Waals surface area contributed by atoms with E-state index in [1.54, 1.807) is 0 Å². The van der Waals surface area contributed by atoms with Crippen molar-refractivity contribution in [3.8, 4) is 0 Å². The van der Waals surface area contributed by atoms with Crippen LogP contribution in [0.25, 0.3) is 4.96 Å². The molecule has 0 aromatic carbocycles. The van der Waals surface area contributed by atoms with Gasteiger partial charge in [0.1, 0.15) is 5.01 Å². The van der Waals surface area contributed by atoms with E-state index in [4.69, 9.17) is 5.11 Å². The monoisotopic (exact) mass is 309 g/mol. The summed E-state index contributed by atoms with van der Waals surface area (Å²) in [4.78, 5) is 21.4. The molecule has 1 N–H and O–H groups in total. The van der Waals surface area contributed by atoms with Crippen molar-refractivity contribution in [2.45, 2.75) is 13.5 Å². The second kappa shape index (κ2) is 6.18. The Morgan fingerprint density at radius 1 is 1.29 bits per heavy atom. The van der Waals surface area contributed by atoms with Gasteiger partial charge in [-0.15, -0.1) is 0 Å². The summed E-state index contributed by atoms with van der Waals surface area (Å²) in [6.07, 6.45) is 0. The molecule has 8 heteroatoms. The lowest BCUT2D eigenvalue weighted by Crippen LogP contribution is -2.46. The highest BCUT2D eigenvalue weighted by molar-refractivity contribution is 7.16. The Labute approximate surface area is 126 Å². The van der Waals surface area contributed by atoms with Crippen molar-refractivity contribution in [3.05, 3.63) is 27.1 Å². The molecule has 0 radical (unpaired) electrons. The molecule has 0 atom stereocenters. The van der Waals surface area contributed by atoms with Crippen molar-refractivity contribution in [1.82, 2.24) is 24.4 Å². The van der Waals surface area contributed by atoms with Gasteiger partial charge in [-0.3, -0.25) is 14.6 Å². The van der Waals surface area contributed by atoms with E-state index in [1.807, 2.05) is 6.92 Å². The Kier molecular flexibility index (Phi) is 4.29. The number of piperazine rings is 1. The van der Waals surface area contributed by atoms with Crippen LogP contribution in [0, 0.1) is 6.92 Å². The molecule has 3 rings (SSSR count). The summed E-state index contributed by atoms with van der Waals surface area (Å²) in [5.74, 6) is 0. The number of aliphatic hydroxyl groups excluding tert-OH is 1. The summed E-state index contributed by atoms with van der Waals surface area (Å²) >= 11 is 1.48. The van der Waals surface area contributed by atoms with Gasteiger partial charge in [-0.05, 0) is 6.92 Å². The maximum absolute atomic E-state index is 11.8. The molecule has 1 aliphatic heterocycles. The first-order valence-electron chi connectivity index (χ1n) is 7.07. The predicted octanol–water partition coefficient (Wildman–Crippen LogP) is -0.431. The third kappa shape index (κ3) is 3.29. The predicted molar refractivity (Wildman–Crippen MR) is 80.7 cm³/mol. The zero-order valence-corrected chi connectivity index (χ0v) is 12.8. The van der Waals surface area contributed by atoms with E-state index < -0.39 is 0 Å². The van der Waals surface area contributed by atoms with Gasteiger partial charge in [0.05, 0.1) is 13.2 Å². The van der Waals surface area contributed by atoms with Crippen LogP contribution < -0.4 is 5.56 Å². The van der Waals surface area contributed by atoms with Gasteiger partial charge in [-0.2, -0.15) is 9.61 Å². The molecule has 0 saturated carbocycles. The van der Waals surface area contributed by atoms with Crippen molar-refractivity contribution >= 4 is 16.3 Å². The minimum Gasteiger partial charge on any atom is -0.395 e. The maximum Gasteiger partial charge on any atom is 0.275 e. The fourth-order valence-electron chi connectivity index (χ4n) is 2.53. The Balaban J connectivity index is 1.69. The van der Waals surface area contributed by atoms with E-state index in [0.717, 1.165) is 50.0 Å². The summed E-state index contributed by atoms with van der Waals surface area (Å²) in [6.45, 7) is 7.36. The summed E-state index contributed by atoms with van der Waals surface area (Å²) in [5.41, 5.74) is 0.612. The lowest BCUT2D eigenvalue weighted by Gasteiger charge is -2.33. The number of aliphatic hydroxyl groups is 1. The van der Waals surface area contributed by atoms with Gasteiger partial charge in [0.25, 0.3) is 5.56 Å². The lowest BCUT2D eigenvalue weighted by atomic mass is 10.3. The van der Waals surface area contributed by atoms with E-state index in [0.29, 0.717) is 4.96 Å². The molecule has 21 heavy (non-hydrogen) atoms. The Bertz CT molecular complexity index is 675. The number of aryl methyl sites for hydroxylation is 1. The summed E-state index contributed by atoms with van der Waals surface area (Å²) in [5, 5.41) is 14.2. The fourth-order valence-corrected chi connectivity index (χ4v) is 3.51. The topological polar surface area (TPSA) is 74.0 Å². The normalized spacial score (nSPS) is 17.6. The highest BCUT2D eigenvalue weighted by atomic mass is 32.1. The Morgan fingerprint density at radius 2 is 2.00 bits per heavy atom. The van der Waals surface area contributed by atoms with Gasteiger partial charge in [0.15, 0.2) is 0 Å². The van der Waals surface area contributed by atoms with Gasteiger partial charge >= 0.3 is 0 Å². The molecule has 114 valence electrons. The summed E-state index contributed by atoms with van der Waals surface area (Å²) in [6, 6.07) is 1.50. The number of hydrogen-bond donors (Lipinski definition) is 1. The van der Waals surface area contributed by atoms with E-state index in [-0.39, 0.29) is 12.2 Å². The highest BCUT2D eigenvalue weighted by Crippen LogP contribution is 2.14. The van der Waals surface area contributed by atoms with Crippen molar-refractivity contribution < 1.29 is 5.11 Å². The second-order valence-corrected chi connectivity index (χ2v) is 6.31. The van der Waals surface area contributed by atoms with Crippen molar-refractivity contribution in [2.75, 3.05) is 39.3 Å². The molecule has 1 aliphatic rings. The van der Waals surface area contributed by atoms with E-state index in [2.05, 4.69) is 19.9 Å². The first-order valence-corrected chi connectivity index (χ1v) is 7.89. The summed E-state index contributed by atoms with van der Waals surface area (Å²) in [7, 11) is 0. The lowest BCUT2D eigenvalue weighted by molar-refractivity contribution is 0.108. The molecule has 1 fully saturated rings. The molecule has 3 heterocycles. The molecular weight excluding hydrogens is 290 g/mol. The molecule has 2 aromatic rings. The van der Waals surface area contributed by atoms with Gasteiger partial charge in [0.2, 0.25) is 4.96 Å². The molecular formula is C13H19N5O2S. The number of aromatic nitrogens is 3. The molecule has 0 spiro atoms. The van der Waals surface area contributed by atoms with Crippen LogP contribution in [0.3, 0.4) is 0 Å². The first-order chi connectivity index (χ1) is 10.2. The number of β-amino-alcohol motifs (C(OH)–C–C–N with tert-alkyl or cyclic N) is 1. The average molecular weight is 309 g/mol. The van der Waals surface area contributed by atoms with Crippen LogP contribution in [0.2, 0.25) is 0 Å². The molecule has 0 amide bonds. The number of rotatable bonds is 4. The molecule has 0 bridgehead atoms. The second-order valence-electron chi connectivity index (χ2n) is 5.27. The van der Waals surface area contributed by atoms with Crippen LogP contribution in [0.5, 0.6) is 0 Å². The van der Waals surface area contributed by atoms with Crippen molar-refractivity contribution in [2.24, 2.45) is 0 Å². The molecule has 7 nitrogen and oxygen atoms in total. The van der Waals surface area contributed by atoms with Crippen molar-refractivity contribution in [1.29, 1.82) is 0 Å². The molecule has 0 aliphatic carbocycles. The highest BCUT2D eigenvalue weighted by Gasteiger charge is 2.18. The smallest absolute Gasteiger partial charge is 0.275 e. The van der Waals surface area contributed by atoms with E-state index >= 15 is 0 Å². The third-order valence-electron chi connectivity index (χ3n) is 3.65. The van der Waals surface area contributed by atoms with Gasteiger partial charge in [-0.25, -0.2) is 4.98 Å². The van der Waals surface area contributed by atoms with Crippen LogP contribution in [0.15, 0.2) is 10.9 Å². The number of nitrogens with zero attached hydrogens (tertiary/aromatic N) is 5. The molecule has 1 saturated heterocycles. The largest absolute Gasteiger partial charge is 0.395 e. The third-order valence-corrected chi connectivity index (χ3v) is 4.55. The Hall–Kier alpha value is -1.35. The van der Waals surface area contributed by atoms with Crippen LogP contribution in [-0.4, -0.2) is 68.8 Å². The first kappa shape index (κ1) is 14.6.